The number of aromatic amines is 1. The second-order valence-electron chi connectivity index (χ2n) is 4.05. The van der Waals surface area contributed by atoms with Gasteiger partial charge in [0.1, 0.15) is 5.75 Å². The molecule has 1 aromatic carbocycles. The lowest BCUT2D eigenvalue weighted by atomic mass is 10.2. The molecule has 0 saturated heterocycles. The minimum atomic E-state index is -1.37. The number of amides is 1. The Hall–Kier alpha value is -3.10. The molecule has 0 aliphatic carbocycles. The Morgan fingerprint density at radius 1 is 1.43 bits per heavy atom. The molecule has 0 unspecified atom stereocenters. The van der Waals surface area contributed by atoms with Gasteiger partial charge in [-0.1, -0.05) is 10.7 Å². The van der Waals surface area contributed by atoms with Gasteiger partial charge in [0.05, 0.1) is 18.8 Å². The summed E-state index contributed by atoms with van der Waals surface area (Å²) in [5.74, 6) is -1.98. The van der Waals surface area contributed by atoms with E-state index in [1.54, 1.807) is 0 Å². The summed E-state index contributed by atoms with van der Waals surface area (Å²) in [6.45, 7) is 0. The third-order valence-electron chi connectivity index (χ3n) is 2.70. The molecule has 2 rings (SSSR count). The number of carboxylic acids is 1. The molecule has 110 valence electrons. The number of benzene rings is 1. The van der Waals surface area contributed by atoms with Crippen LogP contribution in [0.25, 0.3) is 0 Å². The number of hydrogen-bond donors (Lipinski definition) is 2. The summed E-state index contributed by atoms with van der Waals surface area (Å²) >= 11 is 0. The lowest BCUT2D eigenvalue weighted by Crippen LogP contribution is -2.41. The normalized spacial score (nSPS) is 10.2. The Morgan fingerprint density at radius 3 is 2.67 bits per heavy atom. The first kappa shape index (κ1) is 14.3. The van der Waals surface area contributed by atoms with Crippen molar-refractivity contribution in [2.24, 2.45) is 7.05 Å². The second kappa shape index (κ2) is 5.49. The van der Waals surface area contributed by atoms with Crippen molar-refractivity contribution in [3.8, 4) is 5.75 Å². The Labute approximate surface area is 117 Å². The first-order valence-electron chi connectivity index (χ1n) is 5.72. The van der Waals surface area contributed by atoms with Gasteiger partial charge in [0.15, 0.2) is 7.05 Å². The summed E-state index contributed by atoms with van der Waals surface area (Å²) in [6, 6.07) is 3.77. The van der Waals surface area contributed by atoms with Gasteiger partial charge in [0.2, 0.25) is 0 Å². The number of methoxy groups -OCH3 is 1. The van der Waals surface area contributed by atoms with E-state index >= 15 is 0 Å². The standard InChI is InChI=1S/C12H11N3O6/c1-15-9(12(19)21-14-15)10(16)13-7-4-3-6(11(17)18)5-8(7)20-2/h3-5H,1-2H3,(H2-,13,14,16,17,18,19). The fourth-order valence-electron chi connectivity index (χ4n) is 1.69. The van der Waals surface area contributed by atoms with Crippen LogP contribution in [-0.2, 0) is 7.05 Å². The van der Waals surface area contributed by atoms with Crippen molar-refractivity contribution < 1.29 is 28.6 Å². The first-order valence-corrected chi connectivity index (χ1v) is 5.72. The van der Waals surface area contributed by atoms with Crippen LogP contribution in [0.1, 0.15) is 20.8 Å². The van der Waals surface area contributed by atoms with E-state index in [1.165, 1.54) is 32.4 Å². The summed E-state index contributed by atoms with van der Waals surface area (Å²) < 4.78 is 10.6. The van der Waals surface area contributed by atoms with Gasteiger partial charge in [0.25, 0.3) is 0 Å². The van der Waals surface area contributed by atoms with Crippen LogP contribution < -0.4 is 25.5 Å². The van der Waals surface area contributed by atoms with Crippen LogP contribution in [0, 0.1) is 0 Å². The largest absolute Gasteiger partial charge is 0.545 e. The van der Waals surface area contributed by atoms with Crippen LogP contribution in [0.5, 0.6) is 5.75 Å². The number of hydrogen-bond acceptors (Lipinski definition) is 6. The van der Waals surface area contributed by atoms with E-state index < -0.39 is 17.5 Å². The van der Waals surface area contributed by atoms with Crippen LogP contribution in [0.2, 0.25) is 0 Å². The molecule has 0 aliphatic heterocycles. The van der Waals surface area contributed by atoms with Gasteiger partial charge in [-0.3, -0.25) is 9.32 Å². The molecule has 1 amide bonds. The number of aromatic nitrogens is 2. The Kier molecular flexibility index (Phi) is 3.74. The van der Waals surface area contributed by atoms with E-state index in [0.717, 1.165) is 4.68 Å². The number of aryl methyl sites for hydroxylation is 1. The van der Waals surface area contributed by atoms with Gasteiger partial charge < -0.3 is 20.0 Å². The molecular formula is C12H11N3O6. The average Bonchev–Trinajstić information content (AvgIpc) is 2.78. The summed E-state index contributed by atoms with van der Waals surface area (Å²) in [6.07, 6.45) is 0. The number of H-pyrrole nitrogens is 1. The van der Waals surface area contributed by atoms with Gasteiger partial charge >= 0.3 is 17.2 Å². The summed E-state index contributed by atoms with van der Waals surface area (Å²) in [4.78, 5) is 34.1. The molecule has 0 fully saturated rings. The Balaban J connectivity index is 2.33. The molecule has 1 heterocycles. The summed E-state index contributed by atoms with van der Waals surface area (Å²) in [7, 11) is 2.74. The third-order valence-corrected chi connectivity index (χ3v) is 2.70. The van der Waals surface area contributed by atoms with Gasteiger partial charge in [0, 0.05) is 5.56 Å². The number of nitrogens with zero attached hydrogens (tertiary/aromatic N) is 1. The van der Waals surface area contributed by atoms with Crippen LogP contribution in [0.15, 0.2) is 27.5 Å². The number of nitrogens with one attached hydrogen (secondary N) is 2. The number of carbonyl (C=O) groups is 2. The number of carbonyl (C=O) groups excluding carboxylic acids is 2. The maximum absolute atomic E-state index is 12.0. The number of anilines is 1. The second-order valence-corrected chi connectivity index (χ2v) is 4.05. The van der Waals surface area contributed by atoms with Gasteiger partial charge in [-0.05, 0) is 17.4 Å². The molecule has 0 aliphatic rings. The highest BCUT2D eigenvalue weighted by molar-refractivity contribution is 6.02. The minimum absolute atomic E-state index is 0.100. The molecule has 2 aromatic rings. The van der Waals surface area contributed by atoms with Gasteiger partial charge in [-0.15, -0.1) is 0 Å². The van der Waals surface area contributed by atoms with Crippen molar-refractivity contribution in [1.29, 1.82) is 0 Å². The highest BCUT2D eigenvalue weighted by Gasteiger charge is 2.27. The molecule has 21 heavy (non-hydrogen) atoms. The highest BCUT2D eigenvalue weighted by atomic mass is 16.5. The van der Waals surface area contributed by atoms with Crippen molar-refractivity contribution in [3.63, 3.8) is 0 Å². The van der Waals surface area contributed by atoms with Crippen LogP contribution in [0.4, 0.5) is 5.69 Å². The van der Waals surface area contributed by atoms with E-state index in [9.17, 15) is 19.5 Å². The summed E-state index contributed by atoms with van der Waals surface area (Å²) in [5, 5.41) is 15.4. The predicted molar refractivity (Wildman–Crippen MR) is 65.8 cm³/mol. The zero-order chi connectivity index (χ0) is 15.6. The van der Waals surface area contributed by atoms with E-state index in [0.29, 0.717) is 0 Å². The molecule has 1 aromatic heterocycles. The molecule has 0 bridgehead atoms. The lowest BCUT2D eigenvalue weighted by molar-refractivity contribution is -0.741. The van der Waals surface area contributed by atoms with Crippen LogP contribution in [0.3, 0.4) is 0 Å². The van der Waals surface area contributed by atoms with E-state index in [-0.39, 0.29) is 22.7 Å². The lowest BCUT2D eigenvalue weighted by Gasteiger charge is -2.11. The summed E-state index contributed by atoms with van der Waals surface area (Å²) in [5.41, 5.74) is -0.981. The fourth-order valence-corrected chi connectivity index (χ4v) is 1.69. The smallest absolute Gasteiger partial charge is 0.440 e. The molecule has 0 radical (unpaired) electrons. The van der Waals surface area contributed by atoms with E-state index in [1.807, 2.05) is 0 Å². The zero-order valence-corrected chi connectivity index (χ0v) is 11.1. The topological polar surface area (TPSA) is 128 Å². The molecule has 0 spiro atoms. The van der Waals surface area contributed by atoms with E-state index in [4.69, 9.17) is 4.74 Å². The Morgan fingerprint density at radius 2 is 2.14 bits per heavy atom. The average molecular weight is 293 g/mol. The number of aromatic carboxylic acids is 1. The van der Waals surface area contributed by atoms with Crippen molar-refractivity contribution in [2.75, 3.05) is 12.4 Å². The fraction of sp³-hybridized carbons (Fsp3) is 0.167. The molecule has 0 saturated carbocycles. The van der Waals surface area contributed by atoms with Crippen molar-refractivity contribution >= 4 is 17.6 Å². The first-order chi connectivity index (χ1) is 9.93. The molecule has 0 atom stereocenters. The van der Waals surface area contributed by atoms with Gasteiger partial charge in [-0.25, -0.2) is 4.79 Å². The molecule has 9 nitrogen and oxygen atoms in total. The van der Waals surface area contributed by atoms with Crippen LogP contribution >= 0.6 is 0 Å². The van der Waals surface area contributed by atoms with Crippen LogP contribution in [-0.4, -0.2) is 24.3 Å². The molecule has 9 heteroatoms. The Bertz CT molecular complexity index is 761. The van der Waals surface area contributed by atoms with Crippen molar-refractivity contribution in [1.82, 2.24) is 5.27 Å². The van der Waals surface area contributed by atoms with Crippen molar-refractivity contribution in [3.05, 3.63) is 39.9 Å². The number of ether oxygens (including phenoxy) is 1. The highest BCUT2D eigenvalue weighted by Crippen LogP contribution is 2.25. The minimum Gasteiger partial charge on any atom is -0.545 e. The number of rotatable bonds is 4. The molecular weight excluding hydrogens is 282 g/mol. The quantitative estimate of drug-likeness (QED) is 0.654. The van der Waals surface area contributed by atoms with Gasteiger partial charge in [-0.2, -0.15) is 0 Å². The van der Waals surface area contributed by atoms with E-state index in [2.05, 4.69) is 15.1 Å². The monoisotopic (exact) mass is 293 g/mol. The maximum atomic E-state index is 12.0. The SMILES string of the molecule is COc1cc(C(=O)[O-])ccc1NC(=O)c1c(=O)o[nH][n+]1C. The predicted octanol–water partition coefficient (Wildman–Crippen LogP) is -1.58. The van der Waals surface area contributed by atoms with Crippen molar-refractivity contribution in [2.45, 2.75) is 0 Å². The third kappa shape index (κ3) is 2.76. The number of carboxylic acid groups (broad SMARTS) is 1. The molecule has 2 N–H and O–H groups in total. The zero-order valence-electron chi connectivity index (χ0n) is 11.1. The maximum Gasteiger partial charge on any atom is 0.440 e.